The van der Waals surface area contributed by atoms with Gasteiger partial charge in [0.2, 0.25) is 0 Å². The SMILES string of the molecule is Cc1cccc(N2CCN(C(=O)c3cccc([N+](=O)[O-])c3)CC2)c1C. The van der Waals surface area contributed by atoms with Gasteiger partial charge in [-0.3, -0.25) is 14.9 Å². The van der Waals surface area contributed by atoms with Crippen LogP contribution in [-0.2, 0) is 0 Å². The molecule has 1 aliphatic rings. The van der Waals surface area contributed by atoms with Crippen LogP contribution >= 0.6 is 0 Å². The predicted molar refractivity (Wildman–Crippen MR) is 97.1 cm³/mol. The summed E-state index contributed by atoms with van der Waals surface area (Å²) < 4.78 is 0. The van der Waals surface area contributed by atoms with Crippen LogP contribution in [0.25, 0.3) is 0 Å². The average molecular weight is 339 g/mol. The molecule has 0 atom stereocenters. The molecular formula is C19H21N3O3. The summed E-state index contributed by atoms with van der Waals surface area (Å²) in [5, 5.41) is 10.9. The van der Waals surface area contributed by atoms with Gasteiger partial charge in [-0.05, 0) is 37.1 Å². The molecule has 0 bridgehead atoms. The molecule has 130 valence electrons. The van der Waals surface area contributed by atoms with Crippen LogP contribution in [0.5, 0.6) is 0 Å². The Hall–Kier alpha value is -2.89. The molecule has 2 aromatic rings. The Balaban J connectivity index is 1.70. The van der Waals surface area contributed by atoms with E-state index in [1.54, 1.807) is 17.0 Å². The number of carbonyl (C=O) groups is 1. The van der Waals surface area contributed by atoms with E-state index < -0.39 is 4.92 Å². The molecule has 1 heterocycles. The normalized spacial score (nSPS) is 14.5. The second-order valence-electron chi connectivity index (χ2n) is 6.31. The summed E-state index contributed by atoms with van der Waals surface area (Å²) in [6, 6.07) is 12.2. The van der Waals surface area contributed by atoms with Crippen molar-refractivity contribution in [2.24, 2.45) is 0 Å². The van der Waals surface area contributed by atoms with Crippen molar-refractivity contribution in [3.8, 4) is 0 Å². The summed E-state index contributed by atoms with van der Waals surface area (Å²) in [5.74, 6) is -0.149. The third kappa shape index (κ3) is 3.47. The van der Waals surface area contributed by atoms with E-state index >= 15 is 0 Å². The first-order valence-corrected chi connectivity index (χ1v) is 8.32. The maximum absolute atomic E-state index is 12.6. The Morgan fingerprint density at radius 1 is 1.04 bits per heavy atom. The molecule has 1 aliphatic heterocycles. The smallest absolute Gasteiger partial charge is 0.270 e. The van der Waals surface area contributed by atoms with Crippen LogP contribution in [0.15, 0.2) is 42.5 Å². The number of nitro groups is 1. The molecule has 6 heteroatoms. The molecule has 0 aliphatic carbocycles. The number of aryl methyl sites for hydroxylation is 1. The van der Waals surface area contributed by atoms with Gasteiger partial charge < -0.3 is 9.80 Å². The summed E-state index contributed by atoms with van der Waals surface area (Å²) in [7, 11) is 0. The number of piperazine rings is 1. The summed E-state index contributed by atoms with van der Waals surface area (Å²) in [4.78, 5) is 27.1. The van der Waals surface area contributed by atoms with Gasteiger partial charge in [0.1, 0.15) is 0 Å². The van der Waals surface area contributed by atoms with Crippen molar-refractivity contribution in [2.75, 3.05) is 31.1 Å². The lowest BCUT2D eigenvalue weighted by atomic mass is 10.1. The Kier molecular flexibility index (Phi) is 4.70. The number of hydrogen-bond donors (Lipinski definition) is 0. The molecule has 0 spiro atoms. The number of rotatable bonds is 3. The quantitative estimate of drug-likeness (QED) is 0.636. The second kappa shape index (κ2) is 6.93. The molecule has 0 aromatic heterocycles. The van der Waals surface area contributed by atoms with Crippen molar-refractivity contribution in [1.29, 1.82) is 0 Å². The van der Waals surface area contributed by atoms with E-state index in [1.165, 1.54) is 28.9 Å². The zero-order chi connectivity index (χ0) is 18.0. The van der Waals surface area contributed by atoms with Crippen LogP contribution in [-0.4, -0.2) is 41.9 Å². The average Bonchev–Trinajstić information content (AvgIpc) is 2.63. The van der Waals surface area contributed by atoms with E-state index in [2.05, 4.69) is 36.9 Å². The maximum Gasteiger partial charge on any atom is 0.270 e. The lowest BCUT2D eigenvalue weighted by Gasteiger charge is -2.37. The lowest BCUT2D eigenvalue weighted by Crippen LogP contribution is -2.49. The minimum Gasteiger partial charge on any atom is -0.368 e. The number of benzene rings is 2. The zero-order valence-electron chi connectivity index (χ0n) is 14.4. The third-order valence-electron chi connectivity index (χ3n) is 4.79. The summed E-state index contributed by atoms with van der Waals surface area (Å²) in [6.45, 7) is 6.94. The van der Waals surface area contributed by atoms with Crippen molar-refractivity contribution >= 4 is 17.3 Å². The molecule has 1 amide bonds. The van der Waals surface area contributed by atoms with Crippen LogP contribution in [0.4, 0.5) is 11.4 Å². The molecule has 0 N–H and O–H groups in total. The van der Waals surface area contributed by atoms with Gasteiger partial charge in [0.25, 0.3) is 11.6 Å². The molecule has 2 aromatic carbocycles. The van der Waals surface area contributed by atoms with Gasteiger partial charge in [0, 0.05) is 49.6 Å². The van der Waals surface area contributed by atoms with Gasteiger partial charge in [-0.15, -0.1) is 0 Å². The largest absolute Gasteiger partial charge is 0.368 e. The van der Waals surface area contributed by atoms with E-state index in [9.17, 15) is 14.9 Å². The van der Waals surface area contributed by atoms with Crippen molar-refractivity contribution in [1.82, 2.24) is 4.90 Å². The molecule has 3 rings (SSSR count). The van der Waals surface area contributed by atoms with Crippen molar-refractivity contribution in [3.63, 3.8) is 0 Å². The number of carbonyl (C=O) groups excluding carboxylic acids is 1. The van der Waals surface area contributed by atoms with Crippen LogP contribution in [0.1, 0.15) is 21.5 Å². The van der Waals surface area contributed by atoms with Gasteiger partial charge in [-0.2, -0.15) is 0 Å². The Labute approximate surface area is 146 Å². The van der Waals surface area contributed by atoms with Crippen LogP contribution in [0.2, 0.25) is 0 Å². The monoisotopic (exact) mass is 339 g/mol. The topological polar surface area (TPSA) is 66.7 Å². The maximum atomic E-state index is 12.6. The second-order valence-corrected chi connectivity index (χ2v) is 6.31. The van der Waals surface area contributed by atoms with E-state index in [0.29, 0.717) is 18.7 Å². The fourth-order valence-corrected chi connectivity index (χ4v) is 3.16. The number of anilines is 1. The van der Waals surface area contributed by atoms with Crippen molar-refractivity contribution in [2.45, 2.75) is 13.8 Å². The highest BCUT2D eigenvalue weighted by Crippen LogP contribution is 2.24. The van der Waals surface area contributed by atoms with Crippen LogP contribution < -0.4 is 4.90 Å². The first-order valence-electron chi connectivity index (χ1n) is 8.32. The minimum absolute atomic E-state index is 0.0557. The van der Waals surface area contributed by atoms with Crippen molar-refractivity contribution in [3.05, 3.63) is 69.3 Å². The van der Waals surface area contributed by atoms with Crippen LogP contribution in [0, 0.1) is 24.0 Å². The van der Waals surface area contributed by atoms with Crippen molar-refractivity contribution < 1.29 is 9.72 Å². The predicted octanol–water partition coefficient (Wildman–Crippen LogP) is 3.17. The zero-order valence-corrected chi connectivity index (χ0v) is 14.4. The van der Waals surface area contributed by atoms with E-state index in [1.807, 2.05) is 0 Å². The van der Waals surface area contributed by atoms with Gasteiger partial charge >= 0.3 is 0 Å². The van der Waals surface area contributed by atoms with E-state index in [4.69, 9.17) is 0 Å². The van der Waals surface area contributed by atoms with Gasteiger partial charge in [0.15, 0.2) is 0 Å². The molecule has 25 heavy (non-hydrogen) atoms. The van der Waals surface area contributed by atoms with Crippen LogP contribution in [0.3, 0.4) is 0 Å². The Bertz CT molecular complexity index is 811. The highest BCUT2D eigenvalue weighted by molar-refractivity contribution is 5.95. The third-order valence-corrected chi connectivity index (χ3v) is 4.79. The molecule has 1 saturated heterocycles. The van der Waals surface area contributed by atoms with Gasteiger partial charge in [-0.25, -0.2) is 0 Å². The minimum atomic E-state index is -0.477. The highest BCUT2D eigenvalue weighted by atomic mass is 16.6. The summed E-state index contributed by atoms with van der Waals surface area (Å²) in [6.07, 6.45) is 0. The molecule has 0 saturated carbocycles. The number of nitrogens with zero attached hydrogens (tertiary/aromatic N) is 3. The first kappa shape index (κ1) is 17.0. The summed E-state index contributed by atoms with van der Waals surface area (Å²) in [5.41, 5.74) is 4.05. The number of nitro benzene ring substituents is 1. The molecular weight excluding hydrogens is 318 g/mol. The van der Waals surface area contributed by atoms with E-state index in [0.717, 1.165) is 13.1 Å². The lowest BCUT2D eigenvalue weighted by molar-refractivity contribution is -0.384. The Morgan fingerprint density at radius 3 is 2.40 bits per heavy atom. The highest BCUT2D eigenvalue weighted by Gasteiger charge is 2.24. The number of hydrogen-bond acceptors (Lipinski definition) is 4. The summed E-state index contributed by atoms with van der Waals surface area (Å²) >= 11 is 0. The fourth-order valence-electron chi connectivity index (χ4n) is 3.16. The van der Waals surface area contributed by atoms with Gasteiger partial charge in [-0.1, -0.05) is 18.2 Å². The Morgan fingerprint density at radius 2 is 1.72 bits per heavy atom. The fraction of sp³-hybridized carbons (Fsp3) is 0.316. The molecule has 0 radical (unpaired) electrons. The van der Waals surface area contributed by atoms with E-state index in [-0.39, 0.29) is 11.6 Å². The standard InChI is InChI=1S/C19H21N3O3/c1-14-5-3-8-18(15(14)2)20-9-11-21(12-10-20)19(23)16-6-4-7-17(13-16)22(24)25/h3-8,13H,9-12H2,1-2H3. The number of amides is 1. The first-order chi connectivity index (χ1) is 12.0. The molecule has 1 fully saturated rings. The molecule has 0 unspecified atom stereocenters. The number of non-ortho nitro benzene ring substituents is 1. The van der Waals surface area contributed by atoms with Gasteiger partial charge in [0.05, 0.1) is 4.92 Å². The molecule has 6 nitrogen and oxygen atoms in total.